The molecule has 0 saturated carbocycles. The maximum atomic E-state index is 12.2. The highest BCUT2D eigenvalue weighted by atomic mass is 79.9. The van der Waals surface area contributed by atoms with E-state index in [0.717, 1.165) is 6.07 Å². The fourth-order valence-electron chi connectivity index (χ4n) is 2.06. The molecule has 0 aliphatic heterocycles. The van der Waals surface area contributed by atoms with Gasteiger partial charge in [0.2, 0.25) is 11.6 Å². The summed E-state index contributed by atoms with van der Waals surface area (Å²) in [5, 5.41) is 20.1. The minimum absolute atomic E-state index is 0.00668. The lowest BCUT2D eigenvalue weighted by Gasteiger charge is -2.12. The molecule has 13 heteroatoms. The van der Waals surface area contributed by atoms with Crippen LogP contribution in [-0.2, 0) is 9.53 Å². The predicted molar refractivity (Wildman–Crippen MR) is 120 cm³/mol. The van der Waals surface area contributed by atoms with E-state index in [-0.39, 0.29) is 33.4 Å². The summed E-state index contributed by atoms with van der Waals surface area (Å²) < 4.78 is 55.7. The van der Waals surface area contributed by atoms with Crippen LogP contribution < -0.4 is 21.0 Å². The summed E-state index contributed by atoms with van der Waals surface area (Å²) in [5.74, 6) is -3.65. The number of benzene rings is 1. The fourth-order valence-corrected chi connectivity index (χ4v) is 2.97. The first kappa shape index (κ1) is 17.2. The number of rotatable bonds is 7. The van der Waals surface area contributed by atoms with E-state index < -0.39 is 48.5 Å². The van der Waals surface area contributed by atoms with Gasteiger partial charge in [-0.1, -0.05) is 25.3 Å². The Balaban J connectivity index is 2.33. The number of anilines is 1. The summed E-state index contributed by atoms with van der Waals surface area (Å²) in [5.41, 5.74) is 0.272. The molecule has 1 heterocycles. The Morgan fingerprint density at radius 2 is 2.19 bits per heavy atom. The van der Waals surface area contributed by atoms with E-state index in [1.807, 2.05) is 10.4 Å². The molecule has 3 N–H and O–H groups in total. The van der Waals surface area contributed by atoms with Crippen molar-refractivity contribution in [3.05, 3.63) is 43.6 Å². The number of carbonyl (C=O) groups excluding carboxylic acids is 2. The third-order valence-corrected chi connectivity index (χ3v) is 4.30. The molecule has 0 fully saturated rings. The first-order chi connectivity index (χ1) is 17.6. The largest absolute Gasteiger partial charge is 0.450 e. The van der Waals surface area contributed by atoms with Gasteiger partial charge in [0.25, 0.3) is 11.5 Å². The molecule has 0 spiro atoms. The van der Waals surface area contributed by atoms with Crippen LogP contribution >= 0.6 is 27.5 Å². The fraction of sp³-hybridized carbons (Fsp3) is 0.263. The van der Waals surface area contributed by atoms with Gasteiger partial charge in [0.15, 0.2) is 5.75 Å². The second-order valence-corrected chi connectivity index (χ2v) is 6.91. The zero-order valence-corrected chi connectivity index (χ0v) is 18.5. The number of nitrogens with zero attached hydrogens (tertiary/aromatic N) is 3. The number of nitriles is 1. The zero-order chi connectivity index (χ0) is 28.8. The van der Waals surface area contributed by atoms with Gasteiger partial charge in [-0.25, -0.2) is 9.89 Å². The number of amides is 2. The number of aromatic amines is 1. The first-order valence-electron chi connectivity index (χ1n) is 11.6. The van der Waals surface area contributed by atoms with Crippen LogP contribution in [0.15, 0.2) is 32.6 Å². The molecule has 0 radical (unpaired) electrons. The second-order valence-electron chi connectivity index (χ2n) is 5.65. The Kier molecular flexibility index (Phi) is 6.04. The third kappa shape index (κ3) is 6.53. The van der Waals surface area contributed by atoms with Crippen LogP contribution in [0.5, 0.6) is 11.6 Å². The maximum absolute atomic E-state index is 12.2. The minimum atomic E-state index is -3.03. The quantitative estimate of drug-likeness (QED) is 0.360. The van der Waals surface area contributed by atoms with E-state index in [1.165, 1.54) is 25.1 Å². The van der Waals surface area contributed by atoms with Crippen molar-refractivity contribution in [2.75, 3.05) is 12.0 Å². The van der Waals surface area contributed by atoms with Crippen LogP contribution in [0.4, 0.5) is 10.5 Å². The number of ether oxygens (including phenoxy) is 2. The van der Waals surface area contributed by atoms with Crippen molar-refractivity contribution < 1.29 is 27.3 Å². The van der Waals surface area contributed by atoms with Gasteiger partial charge in [0.05, 0.1) is 21.8 Å². The molecule has 0 unspecified atom stereocenters. The molecular weight excluding hydrogens is 508 g/mol. The van der Waals surface area contributed by atoms with Gasteiger partial charge in [-0.15, -0.1) is 5.10 Å². The zero-order valence-electron chi connectivity index (χ0n) is 22.2. The van der Waals surface area contributed by atoms with Crippen molar-refractivity contribution in [2.45, 2.75) is 26.5 Å². The van der Waals surface area contributed by atoms with Crippen molar-refractivity contribution in [3.8, 4) is 17.7 Å². The van der Waals surface area contributed by atoms with E-state index in [4.69, 9.17) is 29.8 Å². The van der Waals surface area contributed by atoms with Crippen LogP contribution in [0.25, 0.3) is 0 Å². The average molecular weight is 532 g/mol. The Morgan fingerprint density at radius 3 is 2.81 bits per heavy atom. The van der Waals surface area contributed by atoms with E-state index in [0.29, 0.717) is 0 Å². The Labute approximate surface area is 204 Å². The molecule has 0 aliphatic carbocycles. The molecule has 2 aromatic rings. The smallest absolute Gasteiger partial charge is 0.414 e. The highest BCUT2D eigenvalue weighted by molar-refractivity contribution is 9.10. The lowest BCUT2D eigenvalue weighted by Crippen LogP contribution is -2.36. The number of alkyl carbamates (subject to hydrolysis) is 1. The number of hydrogen-bond donors (Lipinski definition) is 3. The molecule has 0 aliphatic rings. The van der Waals surface area contributed by atoms with Gasteiger partial charge in [0, 0.05) is 19.9 Å². The molecule has 168 valence electrons. The highest BCUT2D eigenvalue weighted by Gasteiger charge is 2.17. The average Bonchev–Trinajstić information content (AvgIpc) is 2.77. The van der Waals surface area contributed by atoms with Gasteiger partial charge >= 0.3 is 6.09 Å². The van der Waals surface area contributed by atoms with Crippen molar-refractivity contribution in [2.24, 2.45) is 5.10 Å². The maximum Gasteiger partial charge on any atom is 0.414 e. The van der Waals surface area contributed by atoms with Crippen LogP contribution in [0.2, 0.25) is 5.02 Å². The summed E-state index contributed by atoms with van der Waals surface area (Å²) in [6.07, 6.45) is -1.06. The molecule has 0 atom stereocenters. The van der Waals surface area contributed by atoms with Crippen LogP contribution in [0, 0.1) is 11.3 Å². The van der Waals surface area contributed by atoms with Crippen molar-refractivity contribution >= 4 is 50.9 Å². The molecular formula is C19H18BrClN6O5. The predicted octanol–water partition coefficient (Wildman–Crippen LogP) is 3.67. The van der Waals surface area contributed by atoms with Gasteiger partial charge in [-0.2, -0.15) is 10.4 Å². The number of H-pyrrole nitrogens is 1. The third-order valence-electron chi connectivity index (χ3n) is 3.43. The Hall–Kier alpha value is -3.43. The summed E-state index contributed by atoms with van der Waals surface area (Å²) >= 11 is 9.45. The summed E-state index contributed by atoms with van der Waals surface area (Å²) in [6, 6.07) is 5.04. The lowest BCUT2D eigenvalue weighted by atomic mass is 10.1. The second kappa shape index (κ2) is 11.3. The number of imide groups is 1. The molecule has 11 nitrogen and oxygen atoms in total. The molecule has 0 saturated heterocycles. The van der Waals surface area contributed by atoms with E-state index >= 15 is 0 Å². The molecule has 2 rings (SSSR count). The number of nitrogens with one attached hydrogen (secondary N) is 3. The van der Waals surface area contributed by atoms with E-state index in [2.05, 4.69) is 36.3 Å². The molecule has 32 heavy (non-hydrogen) atoms. The number of hydrogen-bond acceptors (Lipinski definition) is 9. The number of aromatic nitrogens is 2. The SMILES string of the molecule is [2H]C([2H])([2H])C(c1cc(Oc2c(Cl)cc(NN=C(C#N)C(=O)NC(=O)OCC)cc2Br)n[nH]c1=O)C([2H])([2H])[2H]. The lowest BCUT2D eigenvalue weighted by molar-refractivity contribution is -0.114. The summed E-state index contributed by atoms with van der Waals surface area (Å²) in [6.45, 7) is -4.53. The van der Waals surface area contributed by atoms with Crippen LogP contribution in [0.1, 0.15) is 40.3 Å². The summed E-state index contributed by atoms with van der Waals surface area (Å²) in [4.78, 5) is 35.5. The summed E-state index contributed by atoms with van der Waals surface area (Å²) in [7, 11) is 0. The Bertz CT molecular complexity index is 1320. The van der Waals surface area contributed by atoms with Crippen molar-refractivity contribution in [1.82, 2.24) is 15.5 Å². The van der Waals surface area contributed by atoms with Gasteiger partial charge in [-0.05, 0) is 40.9 Å². The van der Waals surface area contributed by atoms with E-state index in [9.17, 15) is 14.4 Å². The highest BCUT2D eigenvalue weighted by Crippen LogP contribution is 2.38. The molecule has 0 bridgehead atoms. The van der Waals surface area contributed by atoms with Gasteiger partial charge in [-0.3, -0.25) is 20.3 Å². The van der Waals surface area contributed by atoms with Gasteiger partial charge in [0.1, 0.15) is 6.07 Å². The number of carbonyl (C=O) groups is 2. The van der Waals surface area contributed by atoms with E-state index in [1.54, 1.807) is 0 Å². The topological polar surface area (TPSA) is 159 Å². The van der Waals surface area contributed by atoms with Crippen molar-refractivity contribution in [3.63, 3.8) is 0 Å². The number of halogens is 2. The minimum Gasteiger partial charge on any atom is -0.450 e. The molecule has 2 amide bonds. The standard InChI is InChI=1S/C19H18BrClN6O5/c1-4-31-19(30)23-18(29)14(8-22)25-24-10-5-12(20)16(13(21)6-10)32-15-7-11(9(2)3)17(28)27-26-15/h5-7,9,24H,4H2,1-3H3,(H,27,28)(H,23,29,30)/i2D3,3D3. The molecule has 1 aromatic heterocycles. The first-order valence-corrected chi connectivity index (χ1v) is 9.74. The van der Waals surface area contributed by atoms with Gasteiger partial charge < -0.3 is 9.47 Å². The normalized spacial score (nSPS) is 14.5. The molecule has 1 aromatic carbocycles. The monoisotopic (exact) mass is 530 g/mol. The van der Waals surface area contributed by atoms with Crippen molar-refractivity contribution in [1.29, 1.82) is 5.26 Å². The van der Waals surface area contributed by atoms with Crippen LogP contribution in [0.3, 0.4) is 0 Å². The Morgan fingerprint density at radius 1 is 1.44 bits per heavy atom. The number of hydrazone groups is 1. The van der Waals surface area contributed by atoms with Crippen LogP contribution in [-0.4, -0.2) is 34.5 Å².